The van der Waals surface area contributed by atoms with Crippen LogP contribution in [0.4, 0.5) is 0 Å². The van der Waals surface area contributed by atoms with Crippen LogP contribution < -0.4 is 5.32 Å². The van der Waals surface area contributed by atoms with E-state index in [-0.39, 0.29) is 6.04 Å². The zero-order chi connectivity index (χ0) is 13.8. The highest BCUT2D eigenvalue weighted by atomic mass is 35.5. The Morgan fingerprint density at radius 3 is 2.79 bits per heavy atom. The van der Waals surface area contributed by atoms with Gasteiger partial charge in [-0.3, -0.25) is 4.68 Å². The van der Waals surface area contributed by atoms with Crippen LogP contribution in [0.25, 0.3) is 0 Å². The maximum Gasteiger partial charge on any atom is 0.0610 e. The molecule has 0 saturated carbocycles. The molecule has 19 heavy (non-hydrogen) atoms. The normalized spacial score (nSPS) is 12.6. The van der Waals surface area contributed by atoms with Crippen LogP contribution >= 0.6 is 11.6 Å². The molecule has 2 aromatic rings. The average molecular weight is 278 g/mol. The highest BCUT2D eigenvalue weighted by molar-refractivity contribution is 6.30. The van der Waals surface area contributed by atoms with E-state index in [1.54, 1.807) is 0 Å². The van der Waals surface area contributed by atoms with Crippen molar-refractivity contribution in [3.8, 4) is 0 Å². The second-order valence-electron chi connectivity index (χ2n) is 4.62. The molecular weight excluding hydrogens is 258 g/mol. The molecule has 4 heteroatoms. The lowest BCUT2D eigenvalue weighted by molar-refractivity contribution is 0.623. The number of aromatic nitrogens is 2. The molecule has 0 radical (unpaired) electrons. The summed E-state index contributed by atoms with van der Waals surface area (Å²) in [5.41, 5.74) is 3.62. The van der Waals surface area contributed by atoms with Crippen molar-refractivity contribution in [3.05, 3.63) is 52.3 Å². The lowest BCUT2D eigenvalue weighted by Crippen LogP contribution is -2.22. The molecule has 1 unspecified atom stereocenters. The van der Waals surface area contributed by atoms with Gasteiger partial charge in [0, 0.05) is 23.3 Å². The van der Waals surface area contributed by atoms with Gasteiger partial charge in [-0.1, -0.05) is 24.6 Å². The topological polar surface area (TPSA) is 29.9 Å². The van der Waals surface area contributed by atoms with Crippen molar-refractivity contribution in [1.82, 2.24) is 15.1 Å². The average Bonchev–Trinajstić information content (AvgIpc) is 2.88. The second-order valence-corrected chi connectivity index (χ2v) is 5.06. The molecule has 0 fully saturated rings. The first-order valence-electron chi connectivity index (χ1n) is 6.67. The third-order valence-electron chi connectivity index (χ3n) is 3.27. The van der Waals surface area contributed by atoms with Gasteiger partial charge < -0.3 is 5.32 Å². The number of benzene rings is 1. The number of hydrogen-bond donors (Lipinski definition) is 1. The van der Waals surface area contributed by atoms with Crippen molar-refractivity contribution in [2.45, 2.75) is 33.4 Å². The molecule has 1 atom stereocenters. The summed E-state index contributed by atoms with van der Waals surface area (Å²) in [6.07, 6.45) is 4.02. The van der Waals surface area contributed by atoms with E-state index in [0.717, 1.165) is 18.1 Å². The molecule has 102 valence electrons. The Bertz CT molecular complexity index is 548. The predicted molar refractivity (Wildman–Crippen MR) is 79.6 cm³/mol. The summed E-state index contributed by atoms with van der Waals surface area (Å²) in [7, 11) is 0. The third kappa shape index (κ3) is 3.17. The third-order valence-corrected chi connectivity index (χ3v) is 3.51. The Kier molecular flexibility index (Phi) is 4.61. The Morgan fingerprint density at radius 2 is 2.16 bits per heavy atom. The van der Waals surface area contributed by atoms with Gasteiger partial charge in [-0.05, 0) is 43.7 Å². The number of halogens is 1. The fraction of sp³-hybridized carbons (Fsp3) is 0.400. The molecular formula is C15H20ClN3. The van der Waals surface area contributed by atoms with Gasteiger partial charge in [0.15, 0.2) is 0 Å². The minimum absolute atomic E-state index is 0.143. The summed E-state index contributed by atoms with van der Waals surface area (Å²) < 4.78 is 1.94. The quantitative estimate of drug-likeness (QED) is 0.906. The maximum absolute atomic E-state index is 6.13. The molecule has 3 nitrogen and oxygen atoms in total. The van der Waals surface area contributed by atoms with E-state index in [4.69, 9.17) is 11.6 Å². The first-order valence-corrected chi connectivity index (χ1v) is 7.05. The van der Waals surface area contributed by atoms with E-state index in [9.17, 15) is 0 Å². The van der Waals surface area contributed by atoms with Crippen molar-refractivity contribution in [1.29, 1.82) is 0 Å². The van der Waals surface area contributed by atoms with Crippen LogP contribution in [-0.2, 0) is 6.54 Å². The Hall–Kier alpha value is -1.32. The molecule has 0 spiro atoms. The highest BCUT2D eigenvalue weighted by Gasteiger charge is 2.17. The van der Waals surface area contributed by atoms with Gasteiger partial charge in [0.2, 0.25) is 0 Å². The molecule has 0 aliphatic carbocycles. The van der Waals surface area contributed by atoms with Crippen LogP contribution in [-0.4, -0.2) is 16.3 Å². The monoisotopic (exact) mass is 277 g/mol. The first-order chi connectivity index (χ1) is 9.15. The number of rotatable bonds is 5. The Balaban J connectivity index is 2.41. The van der Waals surface area contributed by atoms with E-state index in [1.165, 1.54) is 16.7 Å². The standard InChI is InChI=1S/C15H20ClN3/c1-4-17-15(12-9-18-19(5-2)10-12)14-8-13(16)7-6-11(14)3/h6-10,15,17H,4-5H2,1-3H3. The van der Waals surface area contributed by atoms with Gasteiger partial charge >= 0.3 is 0 Å². The summed E-state index contributed by atoms with van der Waals surface area (Å²) in [5.74, 6) is 0. The SMILES string of the molecule is CCNC(c1cnn(CC)c1)c1cc(Cl)ccc1C. The summed E-state index contributed by atoms with van der Waals surface area (Å²) in [5, 5.41) is 8.64. The van der Waals surface area contributed by atoms with Gasteiger partial charge in [-0.15, -0.1) is 0 Å². The van der Waals surface area contributed by atoms with Crippen molar-refractivity contribution >= 4 is 11.6 Å². The lowest BCUT2D eigenvalue weighted by Gasteiger charge is -2.19. The zero-order valence-corrected chi connectivity index (χ0v) is 12.4. The fourth-order valence-electron chi connectivity index (χ4n) is 2.24. The van der Waals surface area contributed by atoms with Gasteiger partial charge in [-0.25, -0.2) is 0 Å². The van der Waals surface area contributed by atoms with Gasteiger partial charge in [0.1, 0.15) is 0 Å². The molecule has 0 bridgehead atoms. The summed E-state index contributed by atoms with van der Waals surface area (Å²) in [6.45, 7) is 8.09. The summed E-state index contributed by atoms with van der Waals surface area (Å²) >= 11 is 6.13. The molecule has 1 N–H and O–H groups in total. The van der Waals surface area contributed by atoms with E-state index in [2.05, 4.69) is 43.4 Å². The Labute approximate surface area is 119 Å². The van der Waals surface area contributed by atoms with E-state index < -0.39 is 0 Å². The number of hydrogen-bond acceptors (Lipinski definition) is 2. The van der Waals surface area contributed by atoms with Crippen molar-refractivity contribution in [3.63, 3.8) is 0 Å². The number of aryl methyl sites for hydroxylation is 2. The molecule has 2 rings (SSSR count). The minimum atomic E-state index is 0.143. The van der Waals surface area contributed by atoms with Crippen LogP contribution in [0.15, 0.2) is 30.6 Å². The van der Waals surface area contributed by atoms with E-state index in [1.807, 2.05) is 23.0 Å². The van der Waals surface area contributed by atoms with Crippen LogP contribution in [0.3, 0.4) is 0 Å². The highest BCUT2D eigenvalue weighted by Crippen LogP contribution is 2.27. The number of nitrogens with one attached hydrogen (secondary N) is 1. The van der Waals surface area contributed by atoms with E-state index in [0.29, 0.717) is 0 Å². The van der Waals surface area contributed by atoms with E-state index >= 15 is 0 Å². The molecule has 0 saturated heterocycles. The molecule has 0 aliphatic heterocycles. The van der Waals surface area contributed by atoms with Crippen molar-refractivity contribution in [2.24, 2.45) is 0 Å². The fourth-order valence-corrected chi connectivity index (χ4v) is 2.42. The first kappa shape index (κ1) is 14.1. The molecule has 0 aliphatic rings. The summed E-state index contributed by atoms with van der Waals surface area (Å²) in [6, 6.07) is 6.17. The van der Waals surface area contributed by atoms with Gasteiger partial charge in [0.05, 0.1) is 12.2 Å². The van der Waals surface area contributed by atoms with Crippen LogP contribution in [0.2, 0.25) is 5.02 Å². The van der Waals surface area contributed by atoms with Gasteiger partial charge in [0.25, 0.3) is 0 Å². The maximum atomic E-state index is 6.13. The van der Waals surface area contributed by atoms with Crippen molar-refractivity contribution in [2.75, 3.05) is 6.54 Å². The van der Waals surface area contributed by atoms with Crippen LogP contribution in [0.1, 0.15) is 36.6 Å². The zero-order valence-electron chi connectivity index (χ0n) is 11.7. The molecule has 1 heterocycles. The Morgan fingerprint density at radius 1 is 1.37 bits per heavy atom. The van der Waals surface area contributed by atoms with Crippen LogP contribution in [0.5, 0.6) is 0 Å². The summed E-state index contributed by atoms with van der Waals surface area (Å²) in [4.78, 5) is 0. The van der Waals surface area contributed by atoms with Crippen LogP contribution in [0, 0.1) is 6.92 Å². The molecule has 1 aromatic carbocycles. The largest absolute Gasteiger partial charge is 0.306 e. The number of nitrogens with zero attached hydrogens (tertiary/aromatic N) is 2. The van der Waals surface area contributed by atoms with Crippen molar-refractivity contribution < 1.29 is 0 Å². The second kappa shape index (κ2) is 6.22. The predicted octanol–water partition coefficient (Wildman–Crippen LogP) is 3.56. The lowest BCUT2D eigenvalue weighted by atomic mass is 9.97. The molecule has 0 amide bonds. The molecule has 1 aromatic heterocycles. The smallest absolute Gasteiger partial charge is 0.0610 e. The minimum Gasteiger partial charge on any atom is -0.306 e. The van der Waals surface area contributed by atoms with Gasteiger partial charge in [-0.2, -0.15) is 5.10 Å².